The maximum atomic E-state index is 13.1. The molecule has 0 radical (unpaired) electrons. The van der Waals surface area contributed by atoms with Crippen LogP contribution in [-0.4, -0.2) is 26.2 Å². The number of rotatable bonds is 5. The smallest absolute Gasteiger partial charge is 0.312 e. The monoisotopic (exact) mass is 415 g/mol. The van der Waals surface area contributed by atoms with Gasteiger partial charge in [0, 0.05) is 5.69 Å². The van der Waals surface area contributed by atoms with E-state index in [9.17, 15) is 9.59 Å². The van der Waals surface area contributed by atoms with E-state index in [1.165, 1.54) is 14.2 Å². The van der Waals surface area contributed by atoms with Crippen LogP contribution in [0.5, 0.6) is 0 Å². The lowest BCUT2D eigenvalue weighted by molar-refractivity contribution is -0.157. The lowest BCUT2D eigenvalue weighted by Gasteiger charge is -2.34. The number of methoxy groups -OCH3 is 2. The van der Waals surface area contributed by atoms with Gasteiger partial charge in [0.15, 0.2) is 0 Å². The van der Waals surface area contributed by atoms with E-state index in [2.05, 4.69) is 4.90 Å². The number of anilines is 1. The molecule has 0 aromatic heterocycles. The number of carbonyl (C=O) groups is 2. The van der Waals surface area contributed by atoms with E-state index < -0.39 is 35.9 Å². The van der Waals surface area contributed by atoms with Crippen molar-refractivity contribution in [3.05, 3.63) is 102 Å². The fraction of sp³-hybridized carbons (Fsp3) is 0.231. The van der Waals surface area contributed by atoms with Crippen LogP contribution in [0.25, 0.3) is 0 Å². The summed E-state index contributed by atoms with van der Waals surface area (Å²) in [4.78, 5) is 28.4. The highest BCUT2D eigenvalue weighted by Gasteiger charge is 2.57. The first-order valence-corrected chi connectivity index (χ1v) is 10.3. The molecule has 3 aromatic rings. The zero-order valence-corrected chi connectivity index (χ0v) is 17.5. The highest BCUT2D eigenvalue weighted by Crippen LogP contribution is 2.54. The molecule has 31 heavy (non-hydrogen) atoms. The summed E-state index contributed by atoms with van der Waals surface area (Å²) in [6.07, 6.45) is 0. The molecule has 4 rings (SSSR count). The molecule has 0 aliphatic carbocycles. The van der Waals surface area contributed by atoms with Gasteiger partial charge in [-0.2, -0.15) is 0 Å². The summed E-state index contributed by atoms with van der Waals surface area (Å²) in [7, 11) is 2.73. The van der Waals surface area contributed by atoms with E-state index in [1.54, 1.807) is 0 Å². The maximum Gasteiger partial charge on any atom is 0.312 e. The molecule has 0 amide bonds. The molecule has 0 saturated carbocycles. The van der Waals surface area contributed by atoms with Crippen LogP contribution in [0, 0.1) is 11.8 Å². The summed E-state index contributed by atoms with van der Waals surface area (Å²) >= 11 is 0. The first kappa shape index (κ1) is 20.7. The van der Waals surface area contributed by atoms with Gasteiger partial charge in [-0.3, -0.25) is 9.59 Å². The van der Waals surface area contributed by atoms with Crippen LogP contribution in [0.1, 0.15) is 23.2 Å². The molecular formula is C26H25NO4. The van der Waals surface area contributed by atoms with Gasteiger partial charge in [0.05, 0.1) is 38.1 Å². The van der Waals surface area contributed by atoms with E-state index in [0.29, 0.717) is 0 Å². The number of benzene rings is 3. The first-order valence-electron chi connectivity index (χ1n) is 10.3. The molecule has 1 aliphatic heterocycles. The van der Waals surface area contributed by atoms with Crippen LogP contribution in [0.15, 0.2) is 91.0 Å². The van der Waals surface area contributed by atoms with Gasteiger partial charge in [-0.05, 0) is 23.3 Å². The molecule has 0 N–H and O–H groups in total. The summed E-state index contributed by atoms with van der Waals surface area (Å²) in [6, 6.07) is 28.6. The molecule has 3 aromatic carbocycles. The number of esters is 2. The topological polar surface area (TPSA) is 55.8 Å². The normalized spacial score (nSPS) is 22.7. The minimum atomic E-state index is -0.731. The van der Waals surface area contributed by atoms with E-state index in [4.69, 9.17) is 9.47 Å². The van der Waals surface area contributed by atoms with E-state index in [1.807, 2.05) is 91.0 Å². The predicted molar refractivity (Wildman–Crippen MR) is 118 cm³/mol. The number of ether oxygens (including phenoxy) is 2. The second-order valence-electron chi connectivity index (χ2n) is 7.55. The molecule has 1 saturated heterocycles. The molecule has 0 bridgehead atoms. The Morgan fingerprint density at radius 2 is 0.968 bits per heavy atom. The van der Waals surface area contributed by atoms with Gasteiger partial charge < -0.3 is 14.4 Å². The Kier molecular flexibility index (Phi) is 6.03. The second kappa shape index (κ2) is 9.04. The SMILES string of the molecule is COC(=O)[C@@H]1[C@@H](C(=O)OC)[C@@H](c2ccccc2)N(c2ccccc2)[C@@H]1c1ccccc1. The van der Waals surface area contributed by atoms with Crippen LogP contribution in [-0.2, 0) is 19.1 Å². The zero-order valence-electron chi connectivity index (χ0n) is 17.5. The van der Waals surface area contributed by atoms with Crippen molar-refractivity contribution >= 4 is 17.6 Å². The Labute approximate surface area is 182 Å². The first-order chi connectivity index (χ1) is 15.2. The van der Waals surface area contributed by atoms with Crippen LogP contribution < -0.4 is 4.90 Å². The van der Waals surface area contributed by atoms with E-state index >= 15 is 0 Å². The third-order valence-corrected chi connectivity index (χ3v) is 5.95. The molecule has 5 nitrogen and oxygen atoms in total. The molecular weight excluding hydrogens is 390 g/mol. The number of carbonyl (C=O) groups excluding carboxylic acids is 2. The molecule has 1 heterocycles. The fourth-order valence-corrected chi connectivity index (χ4v) is 4.69. The lowest BCUT2D eigenvalue weighted by Crippen LogP contribution is -2.32. The lowest BCUT2D eigenvalue weighted by atomic mass is 9.82. The molecule has 1 aliphatic rings. The van der Waals surface area contributed by atoms with Gasteiger partial charge >= 0.3 is 11.9 Å². The third-order valence-electron chi connectivity index (χ3n) is 5.95. The molecule has 0 unspecified atom stereocenters. The Bertz CT molecular complexity index is 958. The Morgan fingerprint density at radius 1 is 0.613 bits per heavy atom. The quantitative estimate of drug-likeness (QED) is 0.572. The molecule has 5 heteroatoms. The molecule has 4 atom stereocenters. The fourth-order valence-electron chi connectivity index (χ4n) is 4.69. The van der Waals surface area contributed by atoms with E-state index in [0.717, 1.165) is 16.8 Å². The standard InChI is InChI=1S/C26H25NO4/c1-30-25(28)21-22(26(29)31-2)24(19-14-8-4-9-15-19)27(20-16-10-5-11-17-20)23(21)18-12-6-3-7-13-18/h3-17,21-24H,1-2H3/t21-,22-,23-,24-/m1/s1. The average molecular weight is 415 g/mol. The number of nitrogens with zero attached hydrogens (tertiary/aromatic N) is 1. The summed E-state index contributed by atoms with van der Waals surface area (Å²) < 4.78 is 10.4. The van der Waals surface area contributed by atoms with Crippen molar-refractivity contribution in [1.29, 1.82) is 0 Å². The highest BCUT2D eigenvalue weighted by atomic mass is 16.5. The predicted octanol–water partition coefficient (Wildman–Crippen LogP) is 4.57. The Hall–Kier alpha value is -3.60. The summed E-state index contributed by atoms with van der Waals surface area (Å²) in [6.45, 7) is 0. The largest absolute Gasteiger partial charge is 0.469 e. The zero-order chi connectivity index (χ0) is 21.8. The maximum absolute atomic E-state index is 13.1. The summed E-state index contributed by atoms with van der Waals surface area (Å²) in [5.74, 6) is -2.32. The van der Waals surface area contributed by atoms with Crippen molar-refractivity contribution in [3.8, 4) is 0 Å². The molecule has 1 fully saturated rings. The molecule has 0 spiro atoms. The van der Waals surface area contributed by atoms with Gasteiger partial charge in [-0.1, -0.05) is 78.9 Å². The second-order valence-corrected chi connectivity index (χ2v) is 7.55. The van der Waals surface area contributed by atoms with Crippen molar-refractivity contribution < 1.29 is 19.1 Å². The van der Waals surface area contributed by atoms with Crippen LogP contribution >= 0.6 is 0 Å². The van der Waals surface area contributed by atoms with Gasteiger partial charge in [0.25, 0.3) is 0 Å². The third kappa shape index (κ3) is 3.79. The Balaban J connectivity index is 1.99. The minimum Gasteiger partial charge on any atom is -0.469 e. The van der Waals surface area contributed by atoms with Crippen molar-refractivity contribution in [2.24, 2.45) is 11.8 Å². The number of hydrogen-bond acceptors (Lipinski definition) is 5. The van der Waals surface area contributed by atoms with Crippen LogP contribution in [0.4, 0.5) is 5.69 Å². The minimum absolute atomic E-state index is 0.398. The highest BCUT2D eigenvalue weighted by molar-refractivity contribution is 5.86. The summed E-state index contributed by atoms with van der Waals surface area (Å²) in [5, 5.41) is 0. The van der Waals surface area contributed by atoms with Gasteiger partial charge in [0.1, 0.15) is 0 Å². The van der Waals surface area contributed by atoms with Crippen molar-refractivity contribution in [3.63, 3.8) is 0 Å². The van der Waals surface area contributed by atoms with Crippen molar-refractivity contribution in [2.45, 2.75) is 12.1 Å². The van der Waals surface area contributed by atoms with Gasteiger partial charge in [0.2, 0.25) is 0 Å². The van der Waals surface area contributed by atoms with Crippen molar-refractivity contribution in [2.75, 3.05) is 19.1 Å². The van der Waals surface area contributed by atoms with Gasteiger partial charge in [-0.15, -0.1) is 0 Å². The van der Waals surface area contributed by atoms with Gasteiger partial charge in [-0.25, -0.2) is 0 Å². The van der Waals surface area contributed by atoms with Crippen LogP contribution in [0.2, 0.25) is 0 Å². The summed E-state index contributed by atoms with van der Waals surface area (Å²) in [5.41, 5.74) is 2.80. The van der Waals surface area contributed by atoms with E-state index in [-0.39, 0.29) is 0 Å². The molecule has 158 valence electrons. The number of hydrogen-bond donors (Lipinski definition) is 0. The average Bonchev–Trinajstić information content (AvgIpc) is 3.21. The Morgan fingerprint density at radius 3 is 1.32 bits per heavy atom. The van der Waals surface area contributed by atoms with Crippen LogP contribution in [0.3, 0.4) is 0 Å². The number of para-hydroxylation sites is 1. The van der Waals surface area contributed by atoms with Crippen molar-refractivity contribution in [1.82, 2.24) is 0 Å².